The average molecular weight is 319 g/mol. The molecular formula is C14H23ClN2O2S. The number of sulfonamides is 1. The van der Waals surface area contributed by atoms with Gasteiger partial charge in [-0.15, -0.1) is 0 Å². The van der Waals surface area contributed by atoms with E-state index in [1.54, 1.807) is 19.2 Å². The summed E-state index contributed by atoms with van der Waals surface area (Å²) in [5.74, 6) is 0. The molecule has 0 aliphatic rings. The van der Waals surface area contributed by atoms with Crippen LogP contribution in [-0.2, 0) is 16.6 Å². The normalized spacial score (nSPS) is 12.7. The van der Waals surface area contributed by atoms with E-state index in [0.29, 0.717) is 11.6 Å². The van der Waals surface area contributed by atoms with Gasteiger partial charge in [-0.05, 0) is 51.1 Å². The Kier molecular flexibility index (Phi) is 6.01. The Morgan fingerprint density at radius 1 is 1.30 bits per heavy atom. The molecule has 0 unspecified atom stereocenters. The maximum absolute atomic E-state index is 12.4. The molecule has 0 fully saturated rings. The molecule has 6 heteroatoms. The van der Waals surface area contributed by atoms with Gasteiger partial charge in [0.2, 0.25) is 10.0 Å². The Morgan fingerprint density at radius 3 is 2.50 bits per heavy atom. The Labute approximate surface area is 127 Å². The van der Waals surface area contributed by atoms with E-state index in [1.165, 1.54) is 6.07 Å². The molecule has 0 saturated heterocycles. The summed E-state index contributed by atoms with van der Waals surface area (Å²) in [7, 11) is -1.74. The van der Waals surface area contributed by atoms with Gasteiger partial charge in [-0.1, -0.05) is 24.9 Å². The monoisotopic (exact) mass is 318 g/mol. The Bertz CT molecular complexity index is 556. The molecular weight excluding hydrogens is 296 g/mol. The Hall–Kier alpha value is -0.620. The summed E-state index contributed by atoms with van der Waals surface area (Å²) in [6.45, 7) is 6.33. The molecule has 0 spiro atoms. The molecule has 0 atom stereocenters. The minimum atomic E-state index is -3.53. The zero-order valence-corrected chi connectivity index (χ0v) is 14.0. The van der Waals surface area contributed by atoms with Crippen molar-refractivity contribution in [3.05, 3.63) is 28.8 Å². The van der Waals surface area contributed by atoms with E-state index in [2.05, 4.69) is 10.0 Å². The summed E-state index contributed by atoms with van der Waals surface area (Å²) >= 11 is 6.05. The second kappa shape index (κ2) is 6.89. The van der Waals surface area contributed by atoms with Crippen LogP contribution in [0.1, 0.15) is 39.2 Å². The third kappa shape index (κ3) is 4.74. The van der Waals surface area contributed by atoms with Crippen LogP contribution in [0.3, 0.4) is 0 Å². The molecule has 1 rings (SSSR count). The molecule has 0 radical (unpaired) electrons. The first-order valence-electron chi connectivity index (χ1n) is 6.69. The van der Waals surface area contributed by atoms with Crippen molar-refractivity contribution in [3.63, 3.8) is 0 Å². The van der Waals surface area contributed by atoms with Gasteiger partial charge in [-0.2, -0.15) is 0 Å². The maximum Gasteiger partial charge on any atom is 0.241 e. The quantitative estimate of drug-likeness (QED) is 0.812. The summed E-state index contributed by atoms with van der Waals surface area (Å²) in [6.07, 6.45) is 1.70. The fourth-order valence-electron chi connectivity index (χ4n) is 2.14. The van der Waals surface area contributed by atoms with Crippen LogP contribution in [0.15, 0.2) is 23.1 Å². The molecule has 0 aliphatic carbocycles. The number of benzene rings is 1. The van der Waals surface area contributed by atoms with Crippen molar-refractivity contribution in [1.29, 1.82) is 0 Å². The summed E-state index contributed by atoms with van der Waals surface area (Å²) in [5.41, 5.74) is 0.307. The van der Waals surface area contributed by atoms with Gasteiger partial charge in [0.1, 0.15) is 0 Å². The first-order valence-corrected chi connectivity index (χ1v) is 8.55. The first-order chi connectivity index (χ1) is 9.22. The standard InChI is InChI=1S/C14H23ClN2O2S/c1-5-8-14(2,3)17-20(18,19)12-6-7-13(15)11(9-12)10-16-4/h6-7,9,16-17H,5,8,10H2,1-4H3. The predicted molar refractivity (Wildman–Crippen MR) is 83.5 cm³/mol. The molecule has 0 saturated carbocycles. The van der Waals surface area contributed by atoms with E-state index in [1.807, 2.05) is 20.8 Å². The molecule has 4 nitrogen and oxygen atoms in total. The number of halogens is 1. The molecule has 1 aromatic carbocycles. The van der Waals surface area contributed by atoms with Crippen LogP contribution in [0.4, 0.5) is 0 Å². The van der Waals surface area contributed by atoms with E-state index in [-0.39, 0.29) is 4.90 Å². The lowest BCUT2D eigenvalue weighted by Gasteiger charge is -2.25. The minimum Gasteiger partial charge on any atom is -0.316 e. The highest BCUT2D eigenvalue weighted by Crippen LogP contribution is 2.22. The fourth-order valence-corrected chi connectivity index (χ4v) is 3.82. The van der Waals surface area contributed by atoms with E-state index < -0.39 is 15.6 Å². The van der Waals surface area contributed by atoms with Crippen LogP contribution in [0.5, 0.6) is 0 Å². The third-order valence-electron chi connectivity index (χ3n) is 2.98. The lowest BCUT2D eigenvalue weighted by atomic mass is 10.0. The lowest BCUT2D eigenvalue weighted by molar-refractivity contribution is 0.417. The third-order valence-corrected chi connectivity index (χ3v) is 5.04. The van der Waals surface area contributed by atoms with Crippen molar-refractivity contribution in [2.75, 3.05) is 7.05 Å². The van der Waals surface area contributed by atoms with Gasteiger partial charge in [0.25, 0.3) is 0 Å². The average Bonchev–Trinajstić information content (AvgIpc) is 2.30. The van der Waals surface area contributed by atoms with Crippen molar-refractivity contribution >= 4 is 21.6 Å². The first kappa shape index (κ1) is 17.4. The molecule has 2 N–H and O–H groups in total. The predicted octanol–water partition coefficient (Wildman–Crippen LogP) is 2.92. The van der Waals surface area contributed by atoms with Crippen molar-refractivity contribution < 1.29 is 8.42 Å². The highest BCUT2D eigenvalue weighted by atomic mass is 35.5. The van der Waals surface area contributed by atoms with Gasteiger partial charge < -0.3 is 5.32 Å². The molecule has 0 aromatic heterocycles. The summed E-state index contributed by atoms with van der Waals surface area (Å²) in [6, 6.07) is 4.77. The van der Waals surface area contributed by atoms with Crippen LogP contribution in [0.25, 0.3) is 0 Å². The summed E-state index contributed by atoms with van der Waals surface area (Å²) in [4.78, 5) is 0.247. The minimum absolute atomic E-state index is 0.247. The Balaban J connectivity index is 3.07. The number of nitrogens with one attached hydrogen (secondary N) is 2. The van der Waals surface area contributed by atoms with E-state index in [9.17, 15) is 8.42 Å². The van der Waals surface area contributed by atoms with Gasteiger partial charge in [0.05, 0.1) is 4.90 Å². The van der Waals surface area contributed by atoms with Crippen molar-refractivity contribution in [3.8, 4) is 0 Å². The van der Waals surface area contributed by atoms with Gasteiger partial charge in [-0.25, -0.2) is 13.1 Å². The van der Waals surface area contributed by atoms with E-state index >= 15 is 0 Å². The second-order valence-electron chi connectivity index (χ2n) is 5.52. The van der Waals surface area contributed by atoms with Gasteiger partial charge >= 0.3 is 0 Å². The van der Waals surface area contributed by atoms with E-state index in [0.717, 1.165) is 18.4 Å². The van der Waals surface area contributed by atoms with Gasteiger partial charge in [0.15, 0.2) is 0 Å². The molecule has 0 bridgehead atoms. The smallest absolute Gasteiger partial charge is 0.241 e. The van der Waals surface area contributed by atoms with Crippen molar-refractivity contribution in [1.82, 2.24) is 10.0 Å². The molecule has 0 heterocycles. The van der Waals surface area contributed by atoms with Crippen LogP contribution in [-0.4, -0.2) is 21.0 Å². The molecule has 0 amide bonds. The zero-order valence-electron chi connectivity index (χ0n) is 12.5. The number of hydrogen-bond donors (Lipinski definition) is 2. The SMILES string of the molecule is CCCC(C)(C)NS(=O)(=O)c1ccc(Cl)c(CNC)c1. The Morgan fingerprint density at radius 2 is 1.95 bits per heavy atom. The van der Waals surface area contributed by atoms with Crippen LogP contribution in [0.2, 0.25) is 5.02 Å². The van der Waals surface area contributed by atoms with Gasteiger partial charge in [0, 0.05) is 17.1 Å². The highest BCUT2D eigenvalue weighted by molar-refractivity contribution is 7.89. The fraction of sp³-hybridized carbons (Fsp3) is 0.571. The molecule has 0 aliphatic heterocycles. The molecule has 20 heavy (non-hydrogen) atoms. The summed E-state index contributed by atoms with van der Waals surface area (Å²) in [5, 5.41) is 3.53. The lowest BCUT2D eigenvalue weighted by Crippen LogP contribution is -2.43. The number of hydrogen-bond acceptors (Lipinski definition) is 3. The van der Waals surface area contributed by atoms with Crippen LogP contribution in [0, 0.1) is 0 Å². The van der Waals surface area contributed by atoms with Gasteiger partial charge in [-0.3, -0.25) is 0 Å². The number of rotatable bonds is 7. The maximum atomic E-state index is 12.4. The van der Waals surface area contributed by atoms with Crippen LogP contribution >= 0.6 is 11.6 Å². The van der Waals surface area contributed by atoms with Crippen molar-refractivity contribution in [2.24, 2.45) is 0 Å². The molecule has 1 aromatic rings. The van der Waals surface area contributed by atoms with Crippen molar-refractivity contribution in [2.45, 2.75) is 50.6 Å². The highest BCUT2D eigenvalue weighted by Gasteiger charge is 2.25. The molecule has 114 valence electrons. The topological polar surface area (TPSA) is 58.2 Å². The zero-order chi connectivity index (χ0) is 15.4. The summed E-state index contributed by atoms with van der Waals surface area (Å²) < 4.78 is 27.6. The largest absolute Gasteiger partial charge is 0.316 e. The van der Waals surface area contributed by atoms with E-state index in [4.69, 9.17) is 11.6 Å². The second-order valence-corrected chi connectivity index (χ2v) is 7.61. The van der Waals surface area contributed by atoms with Crippen LogP contribution < -0.4 is 10.0 Å².